The van der Waals surface area contributed by atoms with Crippen molar-refractivity contribution in [3.05, 3.63) is 27.4 Å². The van der Waals surface area contributed by atoms with Crippen LogP contribution in [0.3, 0.4) is 0 Å². The molecule has 84 valence electrons. The lowest BCUT2D eigenvalue weighted by Gasteiger charge is -2.11. The maximum atomic E-state index is 10.7. The van der Waals surface area contributed by atoms with Crippen molar-refractivity contribution in [3.63, 3.8) is 0 Å². The number of hydrogen-bond acceptors (Lipinski definition) is 4. The van der Waals surface area contributed by atoms with Crippen LogP contribution in [0, 0.1) is 22.5 Å². The summed E-state index contributed by atoms with van der Waals surface area (Å²) in [5.41, 5.74) is -0.117. The number of aromatic nitrogens is 1. The van der Waals surface area contributed by atoms with Gasteiger partial charge in [-0.25, -0.2) is 4.98 Å². The van der Waals surface area contributed by atoms with Gasteiger partial charge in [-0.15, -0.1) is 12.3 Å². The molecular weight excluding hydrogens is 230 g/mol. The first-order valence-corrected chi connectivity index (χ1v) is 4.93. The Morgan fingerprint density at radius 3 is 3.00 bits per heavy atom. The zero-order chi connectivity index (χ0) is 12.1. The van der Waals surface area contributed by atoms with E-state index in [1.807, 2.05) is 6.92 Å². The maximum absolute atomic E-state index is 10.7. The molecular formula is C10H10ClN3O2. The summed E-state index contributed by atoms with van der Waals surface area (Å²) < 4.78 is 0. The van der Waals surface area contributed by atoms with E-state index < -0.39 is 4.92 Å². The van der Waals surface area contributed by atoms with E-state index in [9.17, 15) is 10.1 Å². The Hall–Kier alpha value is -1.80. The Morgan fingerprint density at radius 1 is 1.75 bits per heavy atom. The van der Waals surface area contributed by atoms with Crippen LogP contribution in [-0.4, -0.2) is 15.9 Å². The minimum Gasteiger partial charge on any atom is -0.361 e. The first-order valence-electron chi connectivity index (χ1n) is 4.55. The normalized spacial score (nSPS) is 11.6. The van der Waals surface area contributed by atoms with Gasteiger partial charge in [0, 0.05) is 18.5 Å². The topological polar surface area (TPSA) is 68.1 Å². The molecule has 1 aromatic heterocycles. The second-order valence-corrected chi connectivity index (χ2v) is 3.60. The van der Waals surface area contributed by atoms with E-state index in [1.54, 1.807) is 0 Å². The van der Waals surface area contributed by atoms with E-state index in [-0.39, 0.29) is 22.7 Å². The van der Waals surface area contributed by atoms with E-state index in [4.69, 9.17) is 18.0 Å². The number of nitro groups is 1. The molecule has 0 saturated carbocycles. The van der Waals surface area contributed by atoms with E-state index in [2.05, 4.69) is 16.2 Å². The second-order valence-electron chi connectivity index (χ2n) is 3.21. The molecule has 0 amide bonds. The highest BCUT2D eigenvalue weighted by atomic mass is 35.5. The van der Waals surface area contributed by atoms with Crippen molar-refractivity contribution >= 4 is 23.1 Å². The third-order valence-electron chi connectivity index (χ3n) is 1.84. The monoisotopic (exact) mass is 239 g/mol. The highest BCUT2D eigenvalue weighted by Crippen LogP contribution is 2.24. The molecule has 5 nitrogen and oxygen atoms in total. The highest BCUT2D eigenvalue weighted by molar-refractivity contribution is 6.29. The van der Waals surface area contributed by atoms with E-state index in [0.29, 0.717) is 6.42 Å². The predicted molar refractivity (Wildman–Crippen MR) is 62.4 cm³/mol. The SMILES string of the molecule is C#CCC(C)Nc1nc(Cl)ccc1[N+](=O)[O-]. The molecule has 1 unspecified atom stereocenters. The fraction of sp³-hybridized carbons (Fsp3) is 0.300. The lowest BCUT2D eigenvalue weighted by atomic mass is 10.2. The summed E-state index contributed by atoms with van der Waals surface area (Å²) in [6.45, 7) is 1.81. The van der Waals surface area contributed by atoms with Gasteiger partial charge in [-0.3, -0.25) is 10.1 Å². The molecule has 0 saturated heterocycles. The summed E-state index contributed by atoms with van der Waals surface area (Å²) in [5, 5.41) is 13.8. The molecule has 6 heteroatoms. The summed E-state index contributed by atoms with van der Waals surface area (Å²) in [5.74, 6) is 2.60. The van der Waals surface area contributed by atoms with E-state index in [0.717, 1.165) is 0 Å². The van der Waals surface area contributed by atoms with Gasteiger partial charge >= 0.3 is 5.69 Å². The average Bonchev–Trinajstić information content (AvgIpc) is 2.17. The molecule has 0 aliphatic rings. The molecule has 0 radical (unpaired) electrons. The molecule has 1 N–H and O–H groups in total. The number of rotatable bonds is 4. The van der Waals surface area contributed by atoms with Gasteiger partial charge in [0.1, 0.15) is 5.15 Å². The van der Waals surface area contributed by atoms with Crippen LogP contribution in [0.4, 0.5) is 11.5 Å². The van der Waals surface area contributed by atoms with Crippen molar-refractivity contribution in [1.82, 2.24) is 4.98 Å². The molecule has 0 aliphatic heterocycles. The molecule has 0 fully saturated rings. The Morgan fingerprint density at radius 2 is 2.44 bits per heavy atom. The second kappa shape index (κ2) is 5.33. The van der Waals surface area contributed by atoms with Crippen LogP contribution in [0.15, 0.2) is 12.1 Å². The van der Waals surface area contributed by atoms with Crippen LogP contribution in [-0.2, 0) is 0 Å². The van der Waals surface area contributed by atoms with Gasteiger partial charge in [-0.2, -0.15) is 0 Å². The summed E-state index contributed by atoms with van der Waals surface area (Å²) in [7, 11) is 0. The number of hydrogen-bond donors (Lipinski definition) is 1. The van der Waals surface area contributed by atoms with Gasteiger partial charge in [-0.05, 0) is 13.0 Å². The largest absolute Gasteiger partial charge is 0.361 e. The van der Waals surface area contributed by atoms with Crippen LogP contribution in [0.5, 0.6) is 0 Å². The fourth-order valence-corrected chi connectivity index (χ4v) is 1.29. The number of nitrogens with one attached hydrogen (secondary N) is 1. The first kappa shape index (κ1) is 12.3. The van der Waals surface area contributed by atoms with Crippen molar-refractivity contribution in [3.8, 4) is 12.3 Å². The fourth-order valence-electron chi connectivity index (χ4n) is 1.14. The van der Waals surface area contributed by atoms with Crippen LogP contribution in [0.25, 0.3) is 0 Å². The maximum Gasteiger partial charge on any atom is 0.311 e. The Balaban J connectivity index is 2.97. The predicted octanol–water partition coefficient (Wildman–Crippen LogP) is 2.47. The zero-order valence-corrected chi connectivity index (χ0v) is 9.36. The van der Waals surface area contributed by atoms with Gasteiger partial charge < -0.3 is 5.32 Å². The van der Waals surface area contributed by atoms with Crippen molar-refractivity contribution < 1.29 is 4.92 Å². The quantitative estimate of drug-likeness (QED) is 0.379. The lowest BCUT2D eigenvalue weighted by molar-refractivity contribution is -0.384. The lowest BCUT2D eigenvalue weighted by Crippen LogP contribution is -2.16. The Kier molecular flexibility index (Phi) is 4.09. The third kappa shape index (κ3) is 3.11. The van der Waals surface area contributed by atoms with Crippen LogP contribution < -0.4 is 5.32 Å². The smallest absolute Gasteiger partial charge is 0.311 e. The number of anilines is 1. The highest BCUT2D eigenvalue weighted by Gasteiger charge is 2.16. The third-order valence-corrected chi connectivity index (χ3v) is 2.05. The van der Waals surface area contributed by atoms with Gasteiger partial charge in [0.05, 0.1) is 4.92 Å². The Bertz CT molecular complexity index is 442. The number of pyridine rings is 1. The standard InChI is InChI=1S/C10H10ClN3O2/c1-3-4-7(2)12-10-8(14(15)16)5-6-9(11)13-10/h1,5-7H,4H2,2H3,(H,12,13). The number of halogens is 1. The minimum absolute atomic E-state index is 0.102. The van der Waals surface area contributed by atoms with Crippen molar-refractivity contribution in [2.75, 3.05) is 5.32 Å². The van der Waals surface area contributed by atoms with Crippen molar-refractivity contribution in [2.24, 2.45) is 0 Å². The van der Waals surface area contributed by atoms with Crippen LogP contribution in [0.2, 0.25) is 5.15 Å². The molecule has 0 aliphatic carbocycles. The van der Waals surface area contributed by atoms with Crippen LogP contribution >= 0.6 is 11.6 Å². The molecule has 1 aromatic rings. The molecule has 1 atom stereocenters. The van der Waals surface area contributed by atoms with E-state index in [1.165, 1.54) is 12.1 Å². The van der Waals surface area contributed by atoms with Crippen molar-refractivity contribution in [2.45, 2.75) is 19.4 Å². The number of terminal acetylenes is 1. The van der Waals surface area contributed by atoms with Gasteiger partial charge in [0.2, 0.25) is 5.82 Å². The molecule has 16 heavy (non-hydrogen) atoms. The number of nitrogens with zero attached hydrogens (tertiary/aromatic N) is 2. The molecule has 1 rings (SSSR count). The minimum atomic E-state index is -0.520. The summed E-state index contributed by atoms with van der Waals surface area (Å²) >= 11 is 5.67. The van der Waals surface area contributed by atoms with Gasteiger partial charge in [-0.1, -0.05) is 11.6 Å². The molecule has 0 bridgehead atoms. The van der Waals surface area contributed by atoms with Crippen molar-refractivity contribution in [1.29, 1.82) is 0 Å². The van der Waals surface area contributed by atoms with E-state index >= 15 is 0 Å². The zero-order valence-electron chi connectivity index (χ0n) is 8.61. The Labute approximate surface area is 98.0 Å². The van der Waals surface area contributed by atoms with Gasteiger partial charge in [0.15, 0.2) is 0 Å². The molecule has 1 heterocycles. The van der Waals surface area contributed by atoms with Crippen LogP contribution in [0.1, 0.15) is 13.3 Å². The average molecular weight is 240 g/mol. The summed E-state index contributed by atoms with van der Waals surface area (Å²) in [6, 6.07) is 2.58. The molecule has 0 aromatic carbocycles. The first-order chi connectivity index (χ1) is 7.54. The summed E-state index contributed by atoms with van der Waals surface area (Å²) in [6.07, 6.45) is 5.59. The van der Waals surface area contributed by atoms with Gasteiger partial charge in [0.25, 0.3) is 0 Å². The summed E-state index contributed by atoms with van der Waals surface area (Å²) in [4.78, 5) is 14.1. The molecule has 0 spiro atoms.